The minimum Gasteiger partial charge on any atom is -0.475 e. The van der Waals surface area contributed by atoms with Crippen LogP contribution in [0.5, 0.6) is 0 Å². The molecular weight excluding hydrogens is 266 g/mol. The maximum atomic E-state index is 11.2. The number of carboxylic acids is 1. The predicted molar refractivity (Wildman–Crippen MR) is 72.6 cm³/mol. The maximum Gasteiger partial charge on any atom is 0.373 e. The van der Waals surface area contributed by atoms with Crippen LogP contribution in [-0.4, -0.2) is 16.1 Å². The van der Waals surface area contributed by atoms with Crippen LogP contribution < -0.4 is 0 Å². The zero-order chi connectivity index (χ0) is 14.2. The number of rotatable bonds is 2. The van der Waals surface area contributed by atoms with Crippen molar-refractivity contribution in [2.24, 2.45) is 0 Å². The van der Waals surface area contributed by atoms with Crippen LogP contribution in [0.25, 0.3) is 11.5 Å². The molecule has 2 rings (SSSR count). The van der Waals surface area contributed by atoms with Gasteiger partial charge >= 0.3 is 5.97 Å². The number of aromatic carboxylic acids is 1. The molecule has 0 saturated heterocycles. The Labute approximate surface area is 116 Å². The van der Waals surface area contributed by atoms with Gasteiger partial charge in [-0.25, -0.2) is 9.78 Å². The lowest BCUT2D eigenvalue weighted by atomic mass is 9.91. The van der Waals surface area contributed by atoms with E-state index in [0.717, 1.165) is 0 Å². The summed E-state index contributed by atoms with van der Waals surface area (Å²) in [5.74, 6) is -0.974. The molecule has 0 fully saturated rings. The van der Waals surface area contributed by atoms with Crippen molar-refractivity contribution in [2.75, 3.05) is 0 Å². The van der Waals surface area contributed by atoms with E-state index in [9.17, 15) is 9.90 Å². The fourth-order valence-corrected chi connectivity index (χ4v) is 1.91. The summed E-state index contributed by atoms with van der Waals surface area (Å²) in [7, 11) is 0. The Balaban J connectivity index is 2.58. The molecule has 2 aromatic rings. The van der Waals surface area contributed by atoms with E-state index in [1.54, 1.807) is 24.3 Å². The highest BCUT2D eigenvalue weighted by Crippen LogP contribution is 2.30. The minimum absolute atomic E-state index is 0.123. The fraction of sp³-hybridized carbons (Fsp3) is 0.286. The number of hydrogen-bond donors (Lipinski definition) is 1. The van der Waals surface area contributed by atoms with Crippen LogP contribution in [0.3, 0.4) is 0 Å². The second-order valence-electron chi connectivity index (χ2n) is 5.26. The van der Waals surface area contributed by atoms with Gasteiger partial charge < -0.3 is 9.52 Å². The molecule has 0 unspecified atom stereocenters. The number of oxazole rings is 1. The van der Waals surface area contributed by atoms with Gasteiger partial charge in [0.2, 0.25) is 11.7 Å². The third-order valence-electron chi connectivity index (χ3n) is 2.60. The summed E-state index contributed by atoms with van der Waals surface area (Å²) in [5, 5.41) is 9.73. The number of carbonyl (C=O) groups is 1. The van der Waals surface area contributed by atoms with Gasteiger partial charge in [-0.15, -0.1) is 0 Å². The minimum atomic E-state index is -1.12. The molecule has 100 valence electrons. The van der Waals surface area contributed by atoms with E-state index in [1.807, 2.05) is 20.8 Å². The highest BCUT2D eigenvalue weighted by atomic mass is 35.5. The Morgan fingerprint density at radius 2 is 2.05 bits per heavy atom. The van der Waals surface area contributed by atoms with Crippen molar-refractivity contribution in [3.63, 3.8) is 0 Å². The molecule has 0 atom stereocenters. The van der Waals surface area contributed by atoms with Gasteiger partial charge in [0.05, 0.1) is 0 Å². The van der Waals surface area contributed by atoms with E-state index in [0.29, 0.717) is 16.3 Å². The molecule has 0 aliphatic rings. The van der Waals surface area contributed by atoms with Crippen molar-refractivity contribution in [1.29, 1.82) is 0 Å². The lowest BCUT2D eigenvalue weighted by molar-refractivity contribution is 0.0659. The second kappa shape index (κ2) is 4.70. The molecule has 5 heteroatoms. The summed E-state index contributed by atoms with van der Waals surface area (Å²) in [4.78, 5) is 15.5. The molecule has 1 aromatic heterocycles. The number of hydrogen-bond acceptors (Lipinski definition) is 3. The van der Waals surface area contributed by atoms with Crippen LogP contribution in [-0.2, 0) is 5.41 Å². The molecule has 0 radical (unpaired) electrons. The fourth-order valence-electron chi connectivity index (χ4n) is 1.72. The third-order valence-corrected chi connectivity index (χ3v) is 2.84. The maximum absolute atomic E-state index is 11.2. The summed E-state index contributed by atoms with van der Waals surface area (Å²) in [5.41, 5.74) is 0.675. The van der Waals surface area contributed by atoms with Gasteiger partial charge in [0.1, 0.15) is 5.69 Å². The van der Waals surface area contributed by atoms with E-state index in [4.69, 9.17) is 16.0 Å². The first kappa shape index (κ1) is 13.6. The molecule has 4 nitrogen and oxygen atoms in total. The summed E-state index contributed by atoms with van der Waals surface area (Å²) in [6, 6.07) is 6.96. The average molecular weight is 280 g/mol. The first-order valence-electron chi connectivity index (χ1n) is 5.79. The largest absolute Gasteiger partial charge is 0.475 e. The standard InChI is InChI=1S/C14H14ClNO3/c1-14(2,3)11-10(13(17)18)19-12(16-11)8-5-4-6-9(15)7-8/h4-7H,1-3H3,(H,17,18). The van der Waals surface area contributed by atoms with Crippen molar-refractivity contribution >= 4 is 17.6 Å². The number of aromatic nitrogens is 1. The van der Waals surface area contributed by atoms with E-state index in [-0.39, 0.29) is 11.7 Å². The molecule has 1 aromatic carbocycles. The van der Waals surface area contributed by atoms with E-state index < -0.39 is 11.4 Å². The lowest BCUT2D eigenvalue weighted by Crippen LogP contribution is -2.16. The Kier molecular flexibility index (Phi) is 3.37. The smallest absolute Gasteiger partial charge is 0.373 e. The molecule has 0 aliphatic heterocycles. The van der Waals surface area contributed by atoms with E-state index in [2.05, 4.69) is 4.98 Å². The average Bonchev–Trinajstić information content (AvgIpc) is 2.73. The molecule has 0 saturated carbocycles. The van der Waals surface area contributed by atoms with Crippen LogP contribution >= 0.6 is 11.6 Å². The molecule has 19 heavy (non-hydrogen) atoms. The number of nitrogens with zero attached hydrogens (tertiary/aromatic N) is 1. The van der Waals surface area contributed by atoms with Crippen molar-refractivity contribution in [3.8, 4) is 11.5 Å². The van der Waals surface area contributed by atoms with Crippen LogP contribution in [0.4, 0.5) is 0 Å². The molecular formula is C14H14ClNO3. The Morgan fingerprint density at radius 1 is 1.37 bits per heavy atom. The highest BCUT2D eigenvalue weighted by Gasteiger charge is 2.29. The zero-order valence-electron chi connectivity index (χ0n) is 10.9. The summed E-state index contributed by atoms with van der Waals surface area (Å²) < 4.78 is 5.37. The summed E-state index contributed by atoms with van der Waals surface area (Å²) >= 11 is 5.91. The zero-order valence-corrected chi connectivity index (χ0v) is 11.7. The van der Waals surface area contributed by atoms with Crippen LogP contribution in [0.2, 0.25) is 5.02 Å². The summed E-state index contributed by atoms with van der Waals surface area (Å²) in [6.45, 7) is 5.66. The van der Waals surface area contributed by atoms with Crippen LogP contribution in [0.1, 0.15) is 37.0 Å². The number of halogens is 1. The second-order valence-corrected chi connectivity index (χ2v) is 5.70. The van der Waals surface area contributed by atoms with E-state index >= 15 is 0 Å². The molecule has 0 aliphatic carbocycles. The third kappa shape index (κ3) is 2.79. The van der Waals surface area contributed by atoms with Crippen LogP contribution in [0, 0.1) is 0 Å². The Hall–Kier alpha value is -1.81. The first-order valence-corrected chi connectivity index (χ1v) is 6.17. The van der Waals surface area contributed by atoms with Crippen molar-refractivity contribution in [1.82, 2.24) is 4.98 Å². The molecule has 0 spiro atoms. The molecule has 1 heterocycles. The van der Waals surface area contributed by atoms with Crippen molar-refractivity contribution in [3.05, 3.63) is 40.7 Å². The van der Waals surface area contributed by atoms with Gasteiger partial charge in [0.25, 0.3) is 0 Å². The highest BCUT2D eigenvalue weighted by molar-refractivity contribution is 6.30. The van der Waals surface area contributed by atoms with Gasteiger partial charge in [-0.1, -0.05) is 38.4 Å². The monoisotopic (exact) mass is 279 g/mol. The predicted octanol–water partition coefficient (Wildman–Crippen LogP) is 3.99. The Bertz CT molecular complexity index is 626. The normalized spacial score (nSPS) is 11.6. The van der Waals surface area contributed by atoms with E-state index in [1.165, 1.54) is 0 Å². The van der Waals surface area contributed by atoms with Gasteiger partial charge in [-0.2, -0.15) is 0 Å². The van der Waals surface area contributed by atoms with Crippen LogP contribution in [0.15, 0.2) is 28.7 Å². The SMILES string of the molecule is CC(C)(C)c1nc(-c2cccc(Cl)c2)oc1C(=O)O. The molecule has 0 amide bonds. The number of carboxylic acid groups (broad SMARTS) is 1. The van der Waals surface area contributed by atoms with Gasteiger partial charge in [0.15, 0.2) is 0 Å². The molecule has 1 N–H and O–H groups in total. The first-order chi connectivity index (χ1) is 8.79. The molecule has 0 bridgehead atoms. The van der Waals surface area contributed by atoms with Crippen molar-refractivity contribution < 1.29 is 14.3 Å². The van der Waals surface area contributed by atoms with Crippen molar-refractivity contribution in [2.45, 2.75) is 26.2 Å². The summed E-state index contributed by atoms with van der Waals surface area (Å²) in [6.07, 6.45) is 0. The van der Waals surface area contributed by atoms with Gasteiger partial charge in [0, 0.05) is 16.0 Å². The number of benzene rings is 1. The van der Waals surface area contributed by atoms with Gasteiger partial charge in [-0.3, -0.25) is 0 Å². The Morgan fingerprint density at radius 3 is 2.53 bits per heavy atom. The van der Waals surface area contributed by atoms with Gasteiger partial charge in [-0.05, 0) is 18.2 Å². The topological polar surface area (TPSA) is 63.3 Å². The lowest BCUT2D eigenvalue weighted by Gasteiger charge is -2.14. The quantitative estimate of drug-likeness (QED) is 0.903.